The third-order valence-corrected chi connectivity index (χ3v) is 3.86. The quantitative estimate of drug-likeness (QED) is 0.718. The van der Waals surface area contributed by atoms with Crippen LogP contribution in [0, 0.1) is 17.7 Å². The van der Waals surface area contributed by atoms with E-state index >= 15 is 0 Å². The van der Waals surface area contributed by atoms with Crippen LogP contribution in [0.5, 0.6) is 0 Å². The van der Waals surface area contributed by atoms with Gasteiger partial charge < -0.3 is 0 Å². The molecule has 1 aliphatic rings. The van der Waals surface area contributed by atoms with Crippen molar-refractivity contribution in [2.24, 2.45) is 11.8 Å². The third-order valence-electron chi connectivity index (χ3n) is 3.86. The number of halogens is 1. The first kappa shape index (κ1) is 15.1. The Morgan fingerprint density at radius 3 is 2.60 bits per heavy atom. The highest BCUT2D eigenvalue weighted by Crippen LogP contribution is 2.30. The first-order valence-corrected chi connectivity index (χ1v) is 7.37. The number of hydrogen-bond donors (Lipinski definition) is 0. The lowest BCUT2D eigenvalue weighted by Crippen LogP contribution is -2.38. The molecule has 0 spiro atoms. The largest absolute Gasteiger partial charge is 0.300 e. The maximum absolute atomic E-state index is 12.8. The molecule has 1 aromatic heterocycles. The van der Waals surface area contributed by atoms with Gasteiger partial charge in [-0.25, -0.2) is 4.39 Å². The summed E-state index contributed by atoms with van der Waals surface area (Å²) < 4.78 is 12.8. The molecule has 0 saturated heterocycles. The molecule has 1 atom stereocenters. The van der Waals surface area contributed by atoms with Crippen LogP contribution in [0.3, 0.4) is 0 Å². The van der Waals surface area contributed by atoms with Crippen molar-refractivity contribution in [1.29, 1.82) is 0 Å². The highest BCUT2D eigenvalue weighted by molar-refractivity contribution is 5.95. The number of pyridine rings is 1. The molecule has 4 heteroatoms. The monoisotopic (exact) mass is 278 g/mol. The first-order valence-electron chi connectivity index (χ1n) is 7.37. The maximum Gasteiger partial charge on any atom is 0.185 e. The van der Waals surface area contributed by atoms with E-state index in [2.05, 4.69) is 23.7 Å². The van der Waals surface area contributed by atoms with Crippen molar-refractivity contribution in [3.63, 3.8) is 0 Å². The molecule has 0 bridgehead atoms. The van der Waals surface area contributed by atoms with Gasteiger partial charge >= 0.3 is 0 Å². The van der Waals surface area contributed by atoms with Gasteiger partial charge in [0.15, 0.2) is 5.78 Å². The van der Waals surface area contributed by atoms with Crippen molar-refractivity contribution in [3.05, 3.63) is 29.8 Å². The standard InChI is InChI=1S/C16H23FN2O/c1-11(2)19(10-13-4-5-13)9-12(3)16(20)15-7-6-14(17)8-18-15/h6-8,11-13H,4-5,9-10H2,1-3H3. The molecule has 2 rings (SSSR count). The van der Waals surface area contributed by atoms with Crippen molar-refractivity contribution in [2.75, 3.05) is 13.1 Å². The maximum atomic E-state index is 12.8. The zero-order chi connectivity index (χ0) is 14.7. The number of hydrogen-bond acceptors (Lipinski definition) is 3. The van der Waals surface area contributed by atoms with E-state index in [1.54, 1.807) is 0 Å². The van der Waals surface area contributed by atoms with Crippen LogP contribution < -0.4 is 0 Å². The number of nitrogens with zero attached hydrogens (tertiary/aromatic N) is 2. The molecule has 1 unspecified atom stereocenters. The molecule has 1 fully saturated rings. The zero-order valence-corrected chi connectivity index (χ0v) is 12.5. The Kier molecular flexibility index (Phi) is 4.86. The number of aromatic nitrogens is 1. The second-order valence-corrected chi connectivity index (χ2v) is 6.12. The Balaban J connectivity index is 1.96. The SMILES string of the molecule is CC(CN(CC1CC1)C(C)C)C(=O)c1ccc(F)cn1. The van der Waals surface area contributed by atoms with E-state index in [1.165, 1.54) is 25.0 Å². The third kappa shape index (κ3) is 4.10. The second kappa shape index (κ2) is 6.44. The lowest BCUT2D eigenvalue weighted by Gasteiger charge is -2.28. The summed E-state index contributed by atoms with van der Waals surface area (Å²) in [6, 6.07) is 3.19. The number of carbonyl (C=O) groups is 1. The molecule has 0 radical (unpaired) electrons. The van der Waals surface area contributed by atoms with Gasteiger partial charge in [-0.3, -0.25) is 14.7 Å². The second-order valence-electron chi connectivity index (χ2n) is 6.12. The molecule has 20 heavy (non-hydrogen) atoms. The predicted molar refractivity (Wildman–Crippen MR) is 77.1 cm³/mol. The van der Waals surface area contributed by atoms with Gasteiger partial charge in [-0.05, 0) is 44.7 Å². The summed E-state index contributed by atoms with van der Waals surface area (Å²) in [5.74, 6) is 0.274. The zero-order valence-electron chi connectivity index (χ0n) is 12.5. The summed E-state index contributed by atoms with van der Waals surface area (Å²) in [7, 11) is 0. The van der Waals surface area contributed by atoms with Crippen LogP contribution in [0.1, 0.15) is 44.1 Å². The molecule has 1 heterocycles. The topological polar surface area (TPSA) is 33.2 Å². The average Bonchev–Trinajstić information content (AvgIpc) is 3.21. The number of Topliss-reactive ketones (excluding diaryl/α,β-unsaturated/α-hetero) is 1. The van der Waals surface area contributed by atoms with Crippen LogP contribution >= 0.6 is 0 Å². The minimum absolute atomic E-state index is 0.00792. The minimum Gasteiger partial charge on any atom is -0.300 e. The summed E-state index contributed by atoms with van der Waals surface area (Å²) in [6.45, 7) is 8.07. The summed E-state index contributed by atoms with van der Waals surface area (Å²) in [6.07, 6.45) is 3.72. The van der Waals surface area contributed by atoms with Crippen LogP contribution in [0.15, 0.2) is 18.3 Å². The van der Waals surface area contributed by atoms with E-state index in [9.17, 15) is 9.18 Å². The Bertz CT molecular complexity index is 454. The van der Waals surface area contributed by atoms with Gasteiger partial charge in [-0.2, -0.15) is 0 Å². The van der Waals surface area contributed by atoms with Gasteiger partial charge in [0.25, 0.3) is 0 Å². The summed E-state index contributed by atoms with van der Waals surface area (Å²) in [5, 5.41) is 0. The van der Waals surface area contributed by atoms with E-state index in [1.807, 2.05) is 6.92 Å². The van der Waals surface area contributed by atoms with Crippen LogP contribution in [0.4, 0.5) is 4.39 Å². The number of rotatable bonds is 7. The molecule has 0 aromatic carbocycles. The highest BCUT2D eigenvalue weighted by atomic mass is 19.1. The summed E-state index contributed by atoms with van der Waals surface area (Å²) in [5.41, 5.74) is 0.356. The average molecular weight is 278 g/mol. The van der Waals surface area contributed by atoms with Gasteiger partial charge in [0.05, 0.1) is 6.20 Å². The van der Waals surface area contributed by atoms with Crippen molar-refractivity contribution < 1.29 is 9.18 Å². The number of carbonyl (C=O) groups excluding carboxylic acids is 1. The molecule has 1 saturated carbocycles. The normalized spacial score (nSPS) is 16.7. The van der Waals surface area contributed by atoms with Crippen molar-refractivity contribution in [3.8, 4) is 0 Å². The van der Waals surface area contributed by atoms with Crippen LogP contribution in [-0.2, 0) is 0 Å². The lowest BCUT2D eigenvalue weighted by atomic mass is 10.0. The Hall–Kier alpha value is -1.29. The molecular weight excluding hydrogens is 255 g/mol. The van der Waals surface area contributed by atoms with E-state index < -0.39 is 5.82 Å². The van der Waals surface area contributed by atoms with Gasteiger partial charge in [0.1, 0.15) is 11.5 Å². The molecule has 0 amide bonds. The lowest BCUT2D eigenvalue weighted by molar-refractivity contribution is 0.0868. The fourth-order valence-electron chi connectivity index (χ4n) is 2.34. The van der Waals surface area contributed by atoms with E-state index in [0.717, 1.165) is 25.2 Å². The Labute approximate surface area is 120 Å². The van der Waals surface area contributed by atoms with Gasteiger partial charge in [0.2, 0.25) is 0 Å². The molecule has 3 nitrogen and oxygen atoms in total. The molecule has 110 valence electrons. The Morgan fingerprint density at radius 1 is 1.40 bits per heavy atom. The fraction of sp³-hybridized carbons (Fsp3) is 0.625. The van der Waals surface area contributed by atoms with Crippen molar-refractivity contribution >= 4 is 5.78 Å². The molecular formula is C16H23FN2O. The van der Waals surface area contributed by atoms with Gasteiger partial charge in [-0.1, -0.05) is 6.92 Å². The predicted octanol–water partition coefficient (Wildman–Crippen LogP) is 3.16. The number of ketones is 1. The molecule has 1 aliphatic carbocycles. The summed E-state index contributed by atoms with van der Waals surface area (Å²) in [4.78, 5) is 18.6. The van der Waals surface area contributed by atoms with Crippen LogP contribution in [0.2, 0.25) is 0 Å². The van der Waals surface area contributed by atoms with E-state index in [4.69, 9.17) is 0 Å². The van der Waals surface area contributed by atoms with E-state index in [0.29, 0.717) is 11.7 Å². The van der Waals surface area contributed by atoms with Gasteiger partial charge in [-0.15, -0.1) is 0 Å². The molecule has 0 aliphatic heterocycles. The minimum atomic E-state index is -0.410. The van der Waals surface area contributed by atoms with E-state index in [-0.39, 0.29) is 11.7 Å². The van der Waals surface area contributed by atoms with Crippen molar-refractivity contribution in [2.45, 2.75) is 39.7 Å². The molecule has 1 aromatic rings. The highest BCUT2D eigenvalue weighted by Gasteiger charge is 2.28. The first-order chi connectivity index (χ1) is 9.47. The fourth-order valence-corrected chi connectivity index (χ4v) is 2.34. The van der Waals surface area contributed by atoms with Crippen LogP contribution in [-0.4, -0.2) is 34.8 Å². The van der Waals surface area contributed by atoms with Crippen LogP contribution in [0.25, 0.3) is 0 Å². The Morgan fingerprint density at radius 2 is 2.10 bits per heavy atom. The molecule has 0 N–H and O–H groups in total. The summed E-state index contributed by atoms with van der Waals surface area (Å²) >= 11 is 0. The van der Waals surface area contributed by atoms with Crippen molar-refractivity contribution in [1.82, 2.24) is 9.88 Å². The smallest absolute Gasteiger partial charge is 0.185 e. The van der Waals surface area contributed by atoms with Gasteiger partial charge in [0, 0.05) is 25.0 Å².